The zero-order chi connectivity index (χ0) is 15.7. The molecule has 3 nitrogen and oxygen atoms in total. The Bertz CT molecular complexity index is 489. The van der Waals surface area contributed by atoms with Crippen molar-refractivity contribution in [3.05, 3.63) is 0 Å². The van der Waals surface area contributed by atoms with Crippen molar-refractivity contribution in [1.82, 2.24) is 0 Å². The van der Waals surface area contributed by atoms with Gasteiger partial charge in [0.25, 0.3) is 0 Å². The maximum absolute atomic E-state index is 13.1. The van der Waals surface area contributed by atoms with Crippen molar-refractivity contribution < 1.29 is 15.0 Å². The van der Waals surface area contributed by atoms with E-state index in [1.807, 2.05) is 0 Å². The van der Waals surface area contributed by atoms with Gasteiger partial charge in [-0.1, -0.05) is 13.8 Å². The minimum absolute atomic E-state index is 0.0368. The number of ketones is 1. The van der Waals surface area contributed by atoms with E-state index in [4.69, 9.17) is 0 Å². The topological polar surface area (TPSA) is 57.5 Å². The molecule has 4 fully saturated rings. The molecule has 22 heavy (non-hydrogen) atoms. The number of hydrogen-bond donors (Lipinski definition) is 2. The van der Waals surface area contributed by atoms with Gasteiger partial charge >= 0.3 is 0 Å². The van der Waals surface area contributed by atoms with Gasteiger partial charge in [0, 0.05) is 12.3 Å². The Morgan fingerprint density at radius 1 is 1.05 bits per heavy atom. The van der Waals surface area contributed by atoms with Gasteiger partial charge in [-0.2, -0.15) is 0 Å². The third kappa shape index (κ3) is 1.91. The summed E-state index contributed by atoms with van der Waals surface area (Å²) >= 11 is 0. The first-order valence-corrected chi connectivity index (χ1v) is 9.24. The predicted octanol–water partition coefficient (Wildman–Crippen LogP) is 2.93. The normalized spacial score (nSPS) is 57.9. The lowest BCUT2D eigenvalue weighted by Crippen LogP contribution is -2.58. The van der Waals surface area contributed by atoms with Crippen molar-refractivity contribution in [3.63, 3.8) is 0 Å². The molecule has 4 aliphatic rings. The molecule has 2 N–H and O–H groups in total. The molecule has 3 heteroatoms. The van der Waals surface area contributed by atoms with Gasteiger partial charge in [0.05, 0.1) is 12.2 Å². The van der Waals surface area contributed by atoms with Crippen LogP contribution in [0.15, 0.2) is 0 Å². The summed E-state index contributed by atoms with van der Waals surface area (Å²) < 4.78 is 0. The van der Waals surface area contributed by atoms with Gasteiger partial charge in [-0.15, -0.1) is 0 Å². The van der Waals surface area contributed by atoms with Crippen LogP contribution >= 0.6 is 0 Å². The molecule has 0 heterocycles. The second kappa shape index (κ2) is 4.80. The molecule has 0 spiro atoms. The monoisotopic (exact) mass is 306 g/mol. The molecular weight excluding hydrogens is 276 g/mol. The third-order valence-corrected chi connectivity index (χ3v) is 8.11. The van der Waals surface area contributed by atoms with E-state index in [9.17, 15) is 15.0 Å². The smallest absolute Gasteiger partial charge is 0.137 e. The lowest BCUT2D eigenvalue weighted by Gasteiger charge is -2.59. The van der Waals surface area contributed by atoms with Crippen LogP contribution < -0.4 is 0 Å². The molecule has 0 aliphatic heterocycles. The maximum Gasteiger partial charge on any atom is 0.137 e. The molecular formula is C19H30O3. The fraction of sp³-hybridized carbons (Fsp3) is 0.947. The number of carbonyl (C=O) groups excluding carboxylic acids is 1. The summed E-state index contributed by atoms with van der Waals surface area (Å²) in [6, 6.07) is 0. The molecule has 6 unspecified atom stereocenters. The summed E-state index contributed by atoms with van der Waals surface area (Å²) in [6.07, 6.45) is 7.05. The Morgan fingerprint density at radius 2 is 1.82 bits per heavy atom. The Hall–Kier alpha value is -0.410. The molecule has 0 aromatic carbocycles. The van der Waals surface area contributed by atoms with Gasteiger partial charge in [0.15, 0.2) is 0 Å². The Morgan fingerprint density at radius 3 is 2.59 bits per heavy atom. The highest BCUT2D eigenvalue weighted by atomic mass is 16.3. The lowest BCUT2D eigenvalue weighted by atomic mass is 9.44. The SMILES string of the molecule is CC12CC[C@H](O)C1C1CC[C@H]3CC(O)CCC3(C)C1C(=O)C2. The van der Waals surface area contributed by atoms with Crippen LogP contribution in [0.5, 0.6) is 0 Å². The zero-order valence-electron chi connectivity index (χ0n) is 13.9. The summed E-state index contributed by atoms with van der Waals surface area (Å²) in [5.74, 6) is 1.77. The van der Waals surface area contributed by atoms with Crippen LogP contribution in [0, 0.1) is 34.5 Å². The van der Waals surface area contributed by atoms with Crippen LogP contribution in [-0.4, -0.2) is 28.2 Å². The predicted molar refractivity (Wildman–Crippen MR) is 84.1 cm³/mol. The van der Waals surface area contributed by atoms with Crippen molar-refractivity contribution in [2.24, 2.45) is 34.5 Å². The van der Waals surface area contributed by atoms with Crippen molar-refractivity contribution >= 4 is 5.78 Å². The molecule has 0 saturated heterocycles. The lowest BCUT2D eigenvalue weighted by molar-refractivity contribution is -0.164. The van der Waals surface area contributed by atoms with Crippen LogP contribution in [0.25, 0.3) is 0 Å². The second-order valence-corrected chi connectivity index (χ2v) is 9.28. The second-order valence-electron chi connectivity index (χ2n) is 9.28. The molecule has 4 rings (SSSR count). The maximum atomic E-state index is 13.1. The standard InChI is InChI=1S/C19H30O3/c1-18-7-6-14(21)16(18)13-4-3-11-9-12(20)5-8-19(11,2)17(13)15(22)10-18/h11-14,16-17,20-21H,3-10H2,1-2H3/t11-,12?,13?,14-,16?,17?,18?,19?/m0/s1. The van der Waals surface area contributed by atoms with E-state index in [1.165, 1.54) is 0 Å². The first-order valence-electron chi connectivity index (χ1n) is 9.24. The minimum atomic E-state index is -0.208. The van der Waals surface area contributed by atoms with E-state index < -0.39 is 0 Å². The molecule has 0 amide bonds. The van der Waals surface area contributed by atoms with Gasteiger partial charge in [-0.05, 0) is 73.5 Å². The molecule has 4 aliphatic carbocycles. The van der Waals surface area contributed by atoms with Crippen molar-refractivity contribution in [2.45, 2.75) is 77.4 Å². The van der Waals surface area contributed by atoms with E-state index in [0.29, 0.717) is 30.0 Å². The highest BCUT2D eigenvalue weighted by molar-refractivity contribution is 5.84. The van der Waals surface area contributed by atoms with Crippen LogP contribution in [-0.2, 0) is 4.79 Å². The van der Waals surface area contributed by atoms with Gasteiger partial charge in [-0.3, -0.25) is 4.79 Å². The highest BCUT2D eigenvalue weighted by Gasteiger charge is 2.62. The summed E-state index contributed by atoms with van der Waals surface area (Å²) in [5.41, 5.74) is 0.0952. The average Bonchev–Trinajstić information content (AvgIpc) is 2.74. The van der Waals surface area contributed by atoms with Gasteiger partial charge in [0.1, 0.15) is 5.78 Å². The van der Waals surface area contributed by atoms with E-state index in [0.717, 1.165) is 44.9 Å². The van der Waals surface area contributed by atoms with Gasteiger partial charge in [-0.25, -0.2) is 0 Å². The third-order valence-electron chi connectivity index (χ3n) is 8.11. The number of Topliss-reactive ketones (excluding diaryl/α,β-unsaturated/α-hetero) is 1. The van der Waals surface area contributed by atoms with Crippen LogP contribution in [0.2, 0.25) is 0 Å². The quantitative estimate of drug-likeness (QED) is 0.723. The summed E-state index contributed by atoms with van der Waals surface area (Å²) in [7, 11) is 0. The molecule has 0 aromatic heterocycles. The highest BCUT2D eigenvalue weighted by Crippen LogP contribution is 2.65. The summed E-state index contributed by atoms with van der Waals surface area (Å²) in [4.78, 5) is 13.1. The van der Waals surface area contributed by atoms with E-state index in [2.05, 4.69) is 13.8 Å². The molecule has 8 atom stereocenters. The fourth-order valence-corrected chi connectivity index (χ4v) is 7.10. The average molecular weight is 306 g/mol. The van der Waals surface area contributed by atoms with Gasteiger partial charge in [0.2, 0.25) is 0 Å². The number of aliphatic hydroxyl groups excluding tert-OH is 2. The van der Waals surface area contributed by atoms with E-state index in [-0.39, 0.29) is 29.0 Å². The fourth-order valence-electron chi connectivity index (χ4n) is 7.10. The molecule has 0 aromatic rings. The van der Waals surface area contributed by atoms with Crippen LogP contribution in [0.4, 0.5) is 0 Å². The van der Waals surface area contributed by atoms with E-state index in [1.54, 1.807) is 0 Å². The minimum Gasteiger partial charge on any atom is -0.393 e. The Labute approximate surface area is 133 Å². The number of fused-ring (bicyclic) bond motifs is 5. The molecule has 4 saturated carbocycles. The van der Waals surface area contributed by atoms with Crippen LogP contribution in [0.1, 0.15) is 65.2 Å². The molecule has 0 radical (unpaired) electrons. The summed E-state index contributed by atoms with van der Waals surface area (Å²) in [6.45, 7) is 4.54. The molecule has 124 valence electrons. The van der Waals surface area contributed by atoms with Crippen molar-refractivity contribution in [2.75, 3.05) is 0 Å². The Balaban J connectivity index is 1.71. The molecule has 0 bridgehead atoms. The van der Waals surface area contributed by atoms with Crippen molar-refractivity contribution in [3.8, 4) is 0 Å². The van der Waals surface area contributed by atoms with E-state index >= 15 is 0 Å². The van der Waals surface area contributed by atoms with Crippen molar-refractivity contribution in [1.29, 1.82) is 0 Å². The first-order chi connectivity index (χ1) is 10.3. The largest absolute Gasteiger partial charge is 0.393 e. The zero-order valence-corrected chi connectivity index (χ0v) is 13.9. The number of hydrogen-bond acceptors (Lipinski definition) is 3. The number of carbonyl (C=O) groups is 1. The summed E-state index contributed by atoms with van der Waals surface area (Å²) in [5, 5.41) is 20.6. The van der Waals surface area contributed by atoms with Gasteiger partial charge < -0.3 is 10.2 Å². The van der Waals surface area contributed by atoms with Crippen LogP contribution in [0.3, 0.4) is 0 Å². The Kier molecular flexibility index (Phi) is 3.30. The first kappa shape index (κ1) is 15.1. The number of rotatable bonds is 0. The number of aliphatic hydroxyl groups is 2.